The van der Waals surface area contributed by atoms with Gasteiger partial charge in [0.15, 0.2) is 0 Å². The lowest BCUT2D eigenvalue weighted by molar-refractivity contribution is -0.143. The van der Waals surface area contributed by atoms with E-state index in [0.717, 1.165) is 55.5 Å². The number of benzene rings is 1. The molecule has 1 aliphatic carbocycles. The highest BCUT2D eigenvalue weighted by Crippen LogP contribution is 2.43. The van der Waals surface area contributed by atoms with E-state index in [2.05, 4.69) is 35.4 Å². The van der Waals surface area contributed by atoms with E-state index >= 15 is 0 Å². The maximum Gasteiger partial charge on any atom is 0.306 e. The SMILES string of the molecule is CCc1nc2ccc(CCCNC(=O)C3(CC(C)C(=O)O)CCCC3)cc2s1. The van der Waals surface area contributed by atoms with Gasteiger partial charge in [0, 0.05) is 12.0 Å². The van der Waals surface area contributed by atoms with Gasteiger partial charge in [-0.25, -0.2) is 4.98 Å². The summed E-state index contributed by atoms with van der Waals surface area (Å²) in [5.74, 6) is -1.25. The Hall–Kier alpha value is -1.95. The average Bonchev–Trinajstić information content (AvgIpc) is 3.31. The van der Waals surface area contributed by atoms with Crippen LogP contribution in [0.1, 0.15) is 62.9 Å². The molecule has 0 saturated heterocycles. The van der Waals surface area contributed by atoms with Crippen LogP contribution in [0, 0.1) is 11.3 Å². The van der Waals surface area contributed by atoms with Crippen molar-refractivity contribution in [1.82, 2.24) is 10.3 Å². The quantitative estimate of drug-likeness (QED) is 0.602. The second-order valence-corrected chi connectivity index (χ2v) is 9.17. The third-order valence-corrected chi connectivity index (χ3v) is 7.05. The zero-order valence-corrected chi connectivity index (χ0v) is 17.6. The van der Waals surface area contributed by atoms with Gasteiger partial charge in [-0.15, -0.1) is 11.3 Å². The van der Waals surface area contributed by atoms with E-state index in [4.69, 9.17) is 0 Å². The van der Waals surface area contributed by atoms with Gasteiger partial charge in [0.1, 0.15) is 0 Å². The number of hydrogen-bond acceptors (Lipinski definition) is 4. The van der Waals surface area contributed by atoms with Crippen molar-refractivity contribution in [1.29, 1.82) is 0 Å². The van der Waals surface area contributed by atoms with E-state index in [9.17, 15) is 14.7 Å². The molecule has 2 aromatic rings. The summed E-state index contributed by atoms with van der Waals surface area (Å²) in [5, 5.41) is 13.5. The van der Waals surface area contributed by atoms with Crippen LogP contribution in [0.2, 0.25) is 0 Å². The number of carboxylic acid groups (broad SMARTS) is 1. The molecule has 1 heterocycles. The number of carboxylic acids is 1. The van der Waals surface area contributed by atoms with Crippen molar-refractivity contribution in [2.45, 2.75) is 65.2 Å². The minimum Gasteiger partial charge on any atom is -0.481 e. The van der Waals surface area contributed by atoms with Crippen molar-refractivity contribution in [3.63, 3.8) is 0 Å². The van der Waals surface area contributed by atoms with Gasteiger partial charge < -0.3 is 10.4 Å². The molecule has 0 aliphatic heterocycles. The number of thiazole rings is 1. The van der Waals surface area contributed by atoms with E-state index in [-0.39, 0.29) is 5.91 Å². The number of nitrogens with zero attached hydrogens (tertiary/aromatic N) is 1. The van der Waals surface area contributed by atoms with Crippen LogP contribution in [0.15, 0.2) is 18.2 Å². The van der Waals surface area contributed by atoms with E-state index in [1.54, 1.807) is 18.3 Å². The van der Waals surface area contributed by atoms with Crippen molar-refractivity contribution in [2.75, 3.05) is 6.54 Å². The molecule has 0 bridgehead atoms. The van der Waals surface area contributed by atoms with Crippen LogP contribution < -0.4 is 5.32 Å². The first kappa shape index (κ1) is 20.8. The number of hydrogen-bond donors (Lipinski definition) is 2. The summed E-state index contributed by atoms with van der Waals surface area (Å²) in [6, 6.07) is 6.41. The van der Waals surface area contributed by atoms with Crippen molar-refractivity contribution < 1.29 is 14.7 Å². The number of aliphatic carboxylic acids is 1. The number of aromatic nitrogens is 1. The Morgan fingerprint density at radius 1 is 1.32 bits per heavy atom. The molecular formula is C22H30N2O3S. The average molecular weight is 403 g/mol. The number of rotatable bonds is 9. The van der Waals surface area contributed by atoms with E-state index in [1.807, 2.05) is 0 Å². The van der Waals surface area contributed by atoms with Gasteiger partial charge in [-0.1, -0.05) is 32.8 Å². The van der Waals surface area contributed by atoms with Crippen LogP contribution >= 0.6 is 11.3 Å². The fourth-order valence-corrected chi connectivity index (χ4v) is 5.23. The summed E-state index contributed by atoms with van der Waals surface area (Å²) in [5.41, 5.74) is 1.84. The van der Waals surface area contributed by atoms with Crippen molar-refractivity contribution in [2.24, 2.45) is 11.3 Å². The molecule has 0 spiro atoms. The van der Waals surface area contributed by atoms with Gasteiger partial charge in [-0.3, -0.25) is 9.59 Å². The lowest BCUT2D eigenvalue weighted by Gasteiger charge is -2.29. The van der Waals surface area contributed by atoms with E-state index in [1.165, 1.54) is 10.3 Å². The first-order valence-electron chi connectivity index (χ1n) is 10.3. The largest absolute Gasteiger partial charge is 0.481 e. The minimum absolute atomic E-state index is 0.0450. The summed E-state index contributed by atoms with van der Waals surface area (Å²) in [7, 11) is 0. The Labute approximate surface area is 170 Å². The number of amides is 1. The Bertz CT molecular complexity index is 839. The Morgan fingerprint density at radius 3 is 2.75 bits per heavy atom. The van der Waals surface area contributed by atoms with Crippen molar-refractivity contribution in [3.8, 4) is 0 Å². The zero-order chi connectivity index (χ0) is 20.1. The van der Waals surface area contributed by atoms with Crippen molar-refractivity contribution in [3.05, 3.63) is 28.8 Å². The molecule has 1 aromatic carbocycles. The highest BCUT2D eigenvalue weighted by atomic mass is 32.1. The standard InChI is InChI=1S/C22H30N2O3S/c1-3-19-24-17-9-8-16(13-18(17)28-19)7-6-12-23-21(27)22(10-4-5-11-22)14-15(2)20(25)26/h8-9,13,15H,3-7,10-12,14H2,1-2H3,(H,23,27)(H,25,26). The molecule has 1 aromatic heterocycles. The molecular weight excluding hydrogens is 372 g/mol. The molecule has 0 radical (unpaired) electrons. The maximum absolute atomic E-state index is 12.8. The summed E-state index contributed by atoms with van der Waals surface area (Å²) in [6.07, 6.45) is 6.81. The molecule has 6 heteroatoms. The van der Waals surface area contributed by atoms with Gasteiger partial charge in [0.05, 0.1) is 21.1 Å². The third kappa shape index (κ3) is 4.72. The molecule has 2 N–H and O–H groups in total. The molecule has 1 fully saturated rings. The van der Waals surface area contributed by atoms with Crippen LogP contribution in [-0.2, 0) is 22.4 Å². The molecule has 1 aliphatic rings. The highest BCUT2D eigenvalue weighted by molar-refractivity contribution is 7.18. The van der Waals surface area contributed by atoms with Crippen LogP contribution in [0.4, 0.5) is 0 Å². The van der Waals surface area contributed by atoms with E-state index in [0.29, 0.717) is 13.0 Å². The third-order valence-electron chi connectivity index (χ3n) is 5.89. The molecule has 1 atom stereocenters. The van der Waals surface area contributed by atoms with Crippen LogP contribution in [0.5, 0.6) is 0 Å². The smallest absolute Gasteiger partial charge is 0.306 e. The summed E-state index contributed by atoms with van der Waals surface area (Å²) in [4.78, 5) is 28.7. The number of aryl methyl sites for hydroxylation is 2. The molecule has 5 nitrogen and oxygen atoms in total. The van der Waals surface area contributed by atoms with Gasteiger partial charge in [-0.2, -0.15) is 0 Å². The molecule has 28 heavy (non-hydrogen) atoms. The van der Waals surface area contributed by atoms with Gasteiger partial charge >= 0.3 is 5.97 Å². The fourth-order valence-electron chi connectivity index (χ4n) is 4.25. The zero-order valence-electron chi connectivity index (χ0n) is 16.8. The normalized spacial score (nSPS) is 16.9. The molecule has 1 saturated carbocycles. The number of carbonyl (C=O) groups excluding carboxylic acids is 1. The van der Waals surface area contributed by atoms with Crippen LogP contribution in [0.3, 0.4) is 0 Å². The topological polar surface area (TPSA) is 79.3 Å². The molecule has 3 rings (SSSR count). The van der Waals surface area contributed by atoms with Crippen molar-refractivity contribution >= 4 is 33.4 Å². The number of fused-ring (bicyclic) bond motifs is 1. The lowest BCUT2D eigenvalue weighted by atomic mass is 9.77. The number of nitrogens with one attached hydrogen (secondary N) is 1. The predicted molar refractivity (Wildman–Crippen MR) is 113 cm³/mol. The summed E-state index contributed by atoms with van der Waals surface area (Å²) >= 11 is 1.75. The number of carbonyl (C=O) groups is 2. The van der Waals surface area contributed by atoms with E-state index < -0.39 is 17.3 Å². The lowest BCUT2D eigenvalue weighted by Crippen LogP contribution is -2.41. The Kier molecular flexibility index (Phi) is 6.70. The second kappa shape index (κ2) is 9.03. The molecule has 1 unspecified atom stereocenters. The van der Waals surface area contributed by atoms with Gasteiger partial charge in [0.25, 0.3) is 0 Å². The predicted octanol–water partition coefficient (Wildman–Crippen LogP) is 4.58. The Balaban J connectivity index is 1.52. The first-order chi connectivity index (χ1) is 13.4. The van der Waals surface area contributed by atoms with Crippen LogP contribution in [0.25, 0.3) is 10.2 Å². The Morgan fingerprint density at radius 2 is 2.07 bits per heavy atom. The molecule has 1 amide bonds. The maximum atomic E-state index is 12.8. The monoisotopic (exact) mass is 402 g/mol. The van der Waals surface area contributed by atoms with Crippen LogP contribution in [-0.4, -0.2) is 28.5 Å². The highest BCUT2D eigenvalue weighted by Gasteiger charge is 2.42. The fraction of sp³-hybridized carbons (Fsp3) is 0.591. The van der Waals surface area contributed by atoms with Gasteiger partial charge in [0.2, 0.25) is 5.91 Å². The summed E-state index contributed by atoms with van der Waals surface area (Å²) in [6.45, 7) is 4.45. The second-order valence-electron chi connectivity index (χ2n) is 8.05. The summed E-state index contributed by atoms with van der Waals surface area (Å²) < 4.78 is 1.23. The molecule has 152 valence electrons. The van der Waals surface area contributed by atoms with Gasteiger partial charge in [-0.05, 0) is 56.2 Å². The minimum atomic E-state index is -0.816. The first-order valence-corrected chi connectivity index (χ1v) is 11.1.